The Kier molecular flexibility index (Phi) is 36.7. The van der Waals surface area contributed by atoms with Gasteiger partial charge in [0.15, 0.2) is 23.1 Å². The van der Waals surface area contributed by atoms with Gasteiger partial charge in [-0.15, -0.1) is 0 Å². The fraction of sp³-hybridized carbons (Fsp3) is 0.222. The van der Waals surface area contributed by atoms with E-state index < -0.39 is 23.9 Å². The average Bonchev–Trinajstić information content (AvgIpc) is 3.16. The van der Waals surface area contributed by atoms with Gasteiger partial charge in [0.1, 0.15) is 0 Å². The van der Waals surface area contributed by atoms with Crippen LogP contribution in [-0.4, -0.2) is 99.9 Å². The molecule has 4 fully saturated rings. The Balaban J connectivity index is 0.000000281. The van der Waals surface area contributed by atoms with Crippen LogP contribution in [0.1, 0.15) is 156 Å². The Morgan fingerprint density at radius 3 is 0.433 bits per heavy atom. The first-order valence-corrected chi connectivity index (χ1v) is 28.7. The van der Waals surface area contributed by atoms with Crippen molar-refractivity contribution in [2.24, 2.45) is 0 Å². The second-order valence-corrected chi connectivity index (χ2v) is 19.5. The first kappa shape index (κ1) is 75.4. The van der Waals surface area contributed by atoms with Crippen LogP contribution >= 0.6 is 0 Å². The Morgan fingerprint density at radius 1 is 0.200 bits per heavy atom. The van der Waals surface area contributed by atoms with E-state index in [1.807, 2.05) is 24.3 Å². The van der Waals surface area contributed by atoms with Gasteiger partial charge in [-0.2, -0.15) is 0 Å². The van der Waals surface area contributed by atoms with Gasteiger partial charge in [0, 0.05) is 97.4 Å². The summed E-state index contributed by atoms with van der Waals surface area (Å²) in [7, 11) is 0. The summed E-state index contributed by atoms with van der Waals surface area (Å²) in [5, 5.41) is 42.2. The topological polar surface area (TPSA) is 266 Å². The number of carboxylic acid groups (broad SMARTS) is 4. The van der Waals surface area contributed by atoms with E-state index in [4.69, 9.17) is 18.9 Å². The molecular formula is C72H68Cu2O16. The molecule has 0 amide bonds. The summed E-state index contributed by atoms with van der Waals surface area (Å²) in [6, 6.07) is 58.1. The Labute approximate surface area is 545 Å². The molecule has 2 radical (unpaired) electrons. The Bertz CT molecular complexity index is 2900. The number of ether oxygens (including phenoxy) is 4. The minimum absolute atomic E-state index is 0. The third kappa shape index (κ3) is 28.1. The summed E-state index contributed by atoms with van der Waals surface area (Å²) in [6.07, 6.45) is 10.2. The van der Waals surface area contributed by atoms with Crippen molar-refractivity contribution in [3.8, 4) is 0 Å². The van der Waals surface area contributed by atoms with Gasteiger partial charge in [0.2, 0.25) is 0 Å². The number of hydrogen-bond acceptors (Lipinski definition) is 16. The van der Waals surface area contributed by atoms with Crippen LogP contribution in [0.5, 0.6) is 0 Å². The van der Waals surface area contributed by atoms with Gasteiger partial charge < -0.3 is 58.6 Å². The molecule has 18 heteroatoms. The molecule has 0 bridgehead atoms. The molecule has 4 aliphatic rings. The van der Waals surface area contributed by atoms with E-state index in [-0.39, 0.29) is 79.5 Å². The standard InChI is InChI=1S/4C14H10O3.4C4H8O.2Cu/c4*15-13(10-4-2-1-3-5-10)11-6-8-12(9-7-11)14(16)17;4*1-2-4-5-3-1;;/h4*1-9H,(H,16,17);4*1-4H2;;/q;;;;;;;;2*+2/p-4. The Morgan fingerprint density at radius 2 is 0.322 bits per heavy atom. The van der Waals surface area contributed by atoms with Crippen LogP contribution in [0.4, 0.5) is 0 Å². The van der Waals surface area contributed by atoms with Crippen LogP contribution in [0.25, 0.3) is 0 Å². The van der Waals surface area contributed by atoms with Crippen molar-refractivity contribution < 1.29 is 112 Å². The zero-order chi connectivity index (χ0) is 63.1. The van der Waals surface area contributed by atoms with Crippen molar-refractivity contribution in [1.29, 1.82) is 0 Å². The summed E-state index contributed by atoms with van der Waals surface area (Å²) in [5.74, 6) is -5.50. The molecule has 0 atom stereocenters. The molecule has 0 aliphatic carbocycles. The maximum absolute atomic E-state index is 12.0. The quantitative estimate of drug-likeness (QED) is 0.0822. The number of benzene rings is 8. The maximum atomic E-state index is 12.0. The summed E-state index contributed by atoms with van der Waals surface area (Å²) in [4.78, 5) is 90.1. The molecule has 4 saturated heterocycles. The summed E-state index contributed by atoms with van der Waals surface area (Å²) in [6.45, 7) is 8.00. The average molecular weight is 1320 g/mol. The maximum Gasteiger partial charge on any atom is 2.00 e. The Hall–Kier alpha value is -8.80. The molecule has 8 aromatic carbocycles. The van der Waals surface area contributed by atoms with Crippen molar-refractivity contribution in [3.05, 3.63) is 285 Å². The minimum Gasteiger partial charge on any atom is -0.545 e. The predicted molar refractivity (Wildman–Crippen MR) is 323 cm³/mol. The molecule has 0 N–H and O–H groups in total. The number of carbonyl (C=O) groups excluding carboxylic acids is 8. The van der Waals surface area contributed by atoms with Crippen LogP contribution < -0.4 is 20.4 Å². The number of ketones is 4. The second kappa shape index (κ2) is 43.8. The van der Waals surface area contributed by atoms with Gasteiger partial charge in [0.05, 0.1) is 23.9 Å². The molecular weight excluding hydrogens is 1250 g/mol. The van der Waals surface area contributed by atoms with E-state index in [1.165, 1.54) is 148 Å². The summed E-state index contributed by atoms with van der Waals surface area (Å²) < 4.78 is 19.8. The van der Waals surface area contributed by atoms with Gasteiger partial charge in [-0.1, -0.05) is 218 Å². The van der Waals surface area contributed by atoms with E-state index in [0.717, 1.165) is 52.9 Å². The molecule has 0 spiro atoms. The second-order valence-electron chi connectivity index (χ2n) is 19.5. The van der Waals surface area contributed by atoms with Crippen molar-refractivity contribution in [2.75, 3.05) is 52.9 Å². The van der Waals surface area contributed by atoms with Crippen LogP contribution in [0.3, 0.4) is 0 Å². The van der Waals surface area contributed by atoms with E-state index >= 15 is 0 Å². The van der Waals surface area contributed by atoms with Crippen LogP contribution in [0.15, 0.2) is 218 Å². The first-order chi connectivity index (χ1) is 42.7. The molecule has 0 saturated carbocycles. The zero-order valence-electron chi connectivity index (χ0n) is 49.2. The van der Waals surface area contributed by atoms with Gasteiger partial charge in [-0.3, -0.25) is 19.2 Å². The molecule has 90 heavy (non-hydrogen) atoms. The van der Waals surface area contributed by atoms with Gasteiger partial charge in [-0.05, 0) is 73.6 Å². The fourth-order valence-corrected chi connectivity index (χ4v) is 8.10. The molecule has 0 aromatic heterocycles. The van der Waals surface area contributed by atoms with Crippen molar-refractivity contribution in [1.82, 2.24) is 0 Å². The molecule has 4 heterocycles. The van der Waals surface area contributed by atoms with E-state index in [1.54, 1.807) is 97.1 Å². The van der Waals surface area contributed by atoms with E-state index in [0.29, 0.717) is 44.5 Å². The van der Waals surface area contributed by atoms with Gasteiger partial charge in [0.25, 0.3) is 0 Å². The number of rotatable bonds is 12. The minimum atomic E-state index is -1.25. The largest absolute Gasteiger partial charge is 2.00 e. The first-order valence-electron chi connectivity index (χ1n) is 28.7. The summed E-state index contributed by atoms with van der Waals surface area (Å²) in [5.41, 5.74) is 4.41. The van der Waals surface area contributed by atoms with Crippen LogP contribution in [0.2, 0.25) is 0 Å². The summed E-state index contributed by atoms with van der Waals surface area (Å²) >= 11 is 0. The molecule has 474 valence electrons. The third-order valence-electron chi connectivity index (χ3n) is 13.0. The monoisotopic (exact) mass is 1310 g/mol. The number of aromatic carboxylic acids is 4. The van der Waals surface area contributed by atoms with Crippen molar-refractivity contribution >= 4 is 47.0 Å². The van der Waals surface area contributed by atoms with Crippen molar-refractivity contribution in [2.45, 2.75) is 51.4 Å². The van der Waals surface area contributed by atoms with Crippen LogP contribution in [-0.2, 0) is 53.1 Å². The molecule has 4 aliphatic heterocycles. The number of carbonyl (C=O) groups is 8. The van der Waals surface area contributed by atoms with Gasteiger partial charge in [-0.25, -0.2) is 0 Å². The molecule has 16 nitrogen and oxygen atoms in total. The number of carboxylic acids is 4. The number of hydrogen-bond donors (Lipinski definition) is 0. The van der Waals surface area contributed by atoms with E-state index in [2.05, 4.69) is 0 Å². The van der Waals surface area contributed by atoms with Crippen LogP contribution in [0, 0.1) is 0 Å². The fourth-order valence-electron chi connectivity index (χ4n) is 8.10. The third-order valence-corrected chi connectivity index (χ3v) is 13.0. The van der Waals surface area contributed by atoms with Crippen molar-refractivity contribution in [3.63, 3.8) is 0 Å². The normalized spacial score (nSPS) is 12.8. The van der Waals surface area contributed by atoms with E-state index in [9.17, 15) is 58.8 Å². The van der Waals surface area contributed by atoms with Gasteiger partial charge >= 0.3 is 34.1 Å². The zero-order valence-corrected chi connectivity index (χ0v) is 51.1. The smallest absolute Gasteiger partial charge is 0.545 e. The molecule has 8 aromatic rings. The molecule has 12 rings (SSSR count). The predicted octanol–water partition coefficient (Wildman–Crippen LogP) is 8.31. The SMILES string of the molecule is C1CCOC1.C1CCOC1.C1CCOC1.C1CCOC1.O=C([O-])c1ccc(C(=O)c2ccccc2)cc1.O=C([O-])c1ccc(C(=O)c2ccccc2)cc1.O=C([O-])c1ccc(C(=O)c2ccccc2)cc1.O=C([O-])c1ccc(C(=O)c2ccccc2)cc1.[Cu+2].[Cu+2]. The molecule has 0 unspecified atom stereocenters.